The van der Waals surface area contributed by atoms with Gasteiger partial charge in [0, 0.05) is 19.1 Å². The first kappa shape index (κ1) is 15.6. The SMILES string of the molecule is CCCN(CC1CCCN1)C(=O)c1cccc(Cl)c1Cl. The molecule has 1 aliphatic rings. The number of amides is 1. The Bertz CT molecular complexity index is 473. The molecule has 1 heterocycles. The molecular weight excluding hydrogens is 295 g/mol. The van der Waals surface area contributed by atoms with Crippen molar-refractivity contribution < 1.29 is 4.79 Å². The van der Waals surface area contributed by atoms with Crippen molar-refractivity contribution in [3.05, 3.63) is 33.8 Å². The van der Waals surface area contributed by atoms with Gasteiger partial charge in [0.2, 0.25) is 0 Å². The summed E-state index contributed by atoms with van der Waals surface area (Å²) in [6.45, 7) is 4.58. The minimum Gasteiger partial charge on any atom is -0.337 e. The summed E-state index contributed by atoms with van der Waals surface area (Å²) >= 11 is 12.1. The first-order valence-corrected chi connectivity index (χ1v) is 7.85. The Hall–Kier alpha value is -0.770. The van der Waals surface area contributed by atoms with E-state index < -0.39 is 0 Å². The molecule has 0 bridgehead atoms. The molecular formula is C15H20Cl2N2O. The van der Waals surface area contributed by atoms with Gasteiger partial charge in [-0.15, -0.1) is 0 Å². The molecule has 5 heteroatoms. The van der Waals surface area contributed by atoms with E-state index in [0.717, 1.165) is 32.5 Å². The zero-order chi connectivity index (χ0) is 14.5. The molecule has 110 valence electrons. The van der Waals surface area contributed by atoms with Crippen molar-refractivity contribution in [2.45, 2.75) is 32.2 Å². The number of rotatable bonds is 5. The zero-order valence-electron chi connectivity index (χ0n) is 11.7. The van der Waals surface area contributed by atoms with Crippen molar-refractivity contribution in [2.75, 3.05) is 19.6 Å². The lowest BCUT2D eigenvalue weighted by molar-refractivity contribution is 0.0742. The van der Waals surface area contributed by atoms with Gasteiger partial charge in [-0.2, -0.15) is 0 Å². The van der Waals surface area contributed by atoms with E-state index in [2.05, 4.69) is 12.2 Å². The summed E-state index contributed by atoms with van der Waals surface area (Å²) in [4.78, 5) is 14.5. The van der Waals surface area contributed by atoms with Crippen LogP contribution in [0.1, 0.15) is 36.5 Å². The quantitative estimate of drug-likeness (QED) is 0.900. The third kappa shape index (κ3) is 3.66. The zero-order valence-corrected chi connectivity index (χ0v) is 13.2. The van der Waals surface area contributed by atoms with Crippen LogP contribution in [-0.2, 0) is 0 Å². The first-order valence-electron chi connectivity index (χ1n) is 7.10. The lowest BCUT2D eigenvalue weighted by Crippen LogP contribution is -2.41. The van der Waals surface area contributed by atoms with Crippen molar-refractivity contribution in [1.82, 2.24) is 10.2 Å². The van der Waals surface area contributed by atoms with Crippen LogP contribution in [0.5, 0.6) is 0 Å². The third-order valence-corrected chi connectivity index (χ3v) is 4.38. The van der Waals surface area contributed by atoms with Crippen molar-refractivity contribution in [1.29, 1.82) is 0 Å². The molecule has 0 saturated carbocycles. The van der Waals surface area contributed by atoms with Crippen molar-refractivity contribution in [3.8, 4) is 0 Å². The second kappa shape index (κ2) is 7.30. The summed E-state index contributed by atoms with van der Waals surface area (Å²) in [7, 11) is 0. The van der Waals surface area contributed by atoms with Crippen molar-refractivity contribution >= 4 is 29.1 Å². The molecule has 1 atom stereocenters. The van der Waals surface area contributed by atoms with E-state index in [1.165, 1.54) is 6.42 Å². The minimum atomic E-state index is -0.0342. The van der Waals surface area contributed by atoms with E-state index in [9.17, 15) is 4.79 Å². The van der Waals surface area contributed by atoms with Crippen LogP contribution in [0.25, 0.3) is 0 Å². The number of hydrogen-bond donors (Lipinski definition) is 1. The molecule has 0 aliphatic carbocycles. The monoisotopic (exact) mass is 314 g/mol. The van der Waals surface area contributed by atoms with E-state index in [0.29, 0.717) is 21.7 Å². The number of nitrogens with zero attached hydrogens (tertiary/aromatic N) is 1. The van der Waals surface area contributed by atoms with Gasteiger partial charge >= 0.3 is 0 Å². The second-order valence-corrected chi connectivity index (χ2v) is 5.93. The van der Waals surface area contributed by atoms with E-state index in [1.54, 1.807) is 18.2 Å². The van der Waals surface area contributed by atoms with Crippen LogP contribution in [-0.4, -0.2) is 36.5 Å². The maximum atomic E-state index is 12.7. The van der Waals surface area contributed by atoms with Crippen LogP contribution < -0.4 is 5.32 Å². The fourth-order valence-electron chi connectivity index (χ4n) is 2.56. The highest BCUT2D eigenvalue weighted by Crippen LogP contribution is 2.26. The number of carbonyl (C=O) groups excluding carboxylic acids is 1. The minimum absolute atomic E-state index is 0.0342. The smallest absolute Gasteiger partial charge is 0.255 e. The molecule has 1 unspecified atom stereocenters. The summed E-state index contributed by atoms with van der Waals surface area (Å²) in [6.07, 6.45) is 3.23. The van der Waals surface area contributed by atoms with Gasteiger partial charge in [-0.05, 0) is 37.9 Å². The van der Waals surface area contributed by atoms with Crippen LogP contribution in [0.2, 0.25) is 10.0 Å². The highest BCUT2D eigenvalue weighted by atomic mass is 35.5. The van der Waals surface area contributed by atoms with Crippen LogP contribution >= 0.6 is 23.2 Å². The third-order valence-electron chi connectivity index (χ3n) is 3.57. The normalized spacial score (nSPS) is 18.2. The molecule has 3 nitrogen and oxygen atoms in total. The van der Waals surface area contributed by atoms with Gasteiger partial charge in [-0.1, -0.05) is 36.2 Å². The average Bonchev–Trinajstić information content (AvgIpc) is 2.94. The molecule has 1 aromatic rings. The Morgan fingerprint density at radius 2 is 2.25 bits per heavy atom. The fourth-order valence-corrected chi connectivity index (χ4v) is 2.94. The molecule has 1 fully saturated rings. The van der Waals surface area contributed by atoms with E-state index in [4.69, 9.17) is 23.2 Å². The number of carbonyl (C=O) groups is 1. The van der Waals surface area contributed by atoms with E-state index in [1.807, 2.05) is 4.90 Å². The van der Waals surface area contributed by atoms with Crippen molar-refractivity contribution in [3.63, 3.8) is 0 Å². The van der Waals surface area contributed by atoms with Crippen LogP contribution in [0.3, 0.4) is 0 Å². The molecule has 1 N–H and O–H groups in total. The van der Waals surface area contributed by atoms with Gasteiger partial charge in [0.05, 0.1) is 15.6 Å². The predicted molar refractivity (Wildman–Crippen MR) is 83.7 cm³/mol. The largest absolute Gasteiger partial charge is 0.337 e. The Labute approximate surface area is 130 Å². The summed E-state index contributed by atoms with van der Waals surface area (Å²) in [5.74, 6) is -0.0342. The molecule has 1 aromatic carbocycles. The molecule has 1 amide bonds. The topological polar surface area (TPSA) is 32.3 Å². The number of hydrogen-bond acceptors (Lipinski definition) is 2. The second-order valence-electron chi connectivity index (χ2n) is 5.15. The molecule has 1 saturated heterocycles. The maximum Gasteiger partial charge on any atom is 0.255 e. The predicted octanol–water partition coefficient (Wildman–Crippen LogP) is 3.60. The molecule has 0 aromatic heterocycles. The molecule has 20 heavy (non-hydrogen) atoms. The Morgan fingerprint density at radius 1 is 1.45 bits per heavy atom. The lowest BCUT2D eigenvalue weighted by Gasteiger charge is -2.26. The lowest BCUT2D eigenvalue weighted by atomic mass is 10.1. The van der Waals surface area contributed by atoms with Gasteiger partial charge < -0.3 is 10.2 Å². The van der Waals surface area contributed by atoms with Gasteiger partial charge in [-0.25, -0.2) is 0 Å². The summed E-state index contributed by atoms with van der Waals surface area (Å²) in [5.41, 5.74) is 0.491. The fraction of sp³-hybridized carbons (Fsp3) is 0.533. The van der Waals surface area contributed by atoms with E-state index in [-0.39, 0.29) is 5.91 Å². The number of benzene rings is 1. The number of nitrogens with one attached hydrogen (secondary N) is 1. The van der Waals surface area contributed by atoms with Gasteiger partial charge in [0.25, 0.3) is 5.91 Å². The summed E-state index contributed by atoms with van der Waals surface area (Å²) in [6, 6.07) is 5.59. The van der Waals surface area contributed by atoms with Crippen LogP contribution in [0, 0.1) is 0 Å². The summed E-state index contributed by atoms with van der Waals surface area (Å²) in [5, 5.41) is 4.20. The van der Waals surface area contributed by atoms with Crippen molar-refractivity contribution in [2.24, 2.45) is 0 Å². The molecule has 2 rings (SSSR count). The Balaban J connectivity index is 2.14. The highest BCUT2D eigenvalue weighted by molar-refractivity contribution is 6.43. The first-order chi connectivity index (χ1) is 9.63. The van der Waals surface area contributed by atoms with Gasteiger partial charge in [0.1, 0.15) is 0 Å². The van der Waals surface area contributed by atoms with Crippen LogP contribution in [0.15, 0.2) is 18.2 Å². The standard InChI is InChI=1S/C15H20Cl2N2O/c1-2-9-19(10-11-5-4-8-18-11)15(20)12-6-3-7-13(16)14(12)17/h3,6-7,11,18H,2,4-5,8-10H2,1H3. The Kier molecular flexibility index (Phi) is 5.70. The molecule has 1 aliphatic heterocycles. The highest BCUT2D eigenvalue weighted by Gasteiger charge is 2.23. The number of halogens is 2. The van der Waals surface area contributed by atoms with Gasteiger partial charge in [0.15, 0.2) is 0 Å². The average molecular weight is 315 g/mol. The van der Waals surface area contributed by atoms with Gasteiger partial charge in [-0.3, -0.25) is 4.79 Å². The molecule has 0 radical (unpaired) electrons. The Morgan fingerprint density at radius 3 is 2.90 bits per heavy atom. The van der Waals surface area contributed by atoms with E-state index >= 15 is 0 Å². The molecule has 0 spiro atoms. The van der Waals surface area contributed by atoms with Crippen LogP contribution in [0.4, 0.5) is 0 Å². The summed E-state index contributed by atoms with van der Waals surface area (Å²) < 4.78 is 0. The maximum absolute atomic E-state index is 12.7.